The van der Waals surface area contributed by atoms with E-state index >= 15 is 0 Å². The summed E-state index contributed by atoms with van der Waals surface area (Å²) in [6, 6.07) is 7.36. The third kappa shape index (κ3) is 9.18. The largest absolute Gasteiger partial charge is 0.506 e. The van der Waals surface area contributed by atoms with Crippen LogP contribution in [0, 0.1) is 11.6 Å². The van der Waals surface area contributed by atoms with Crippen LogP contribution in [0.25, 0.3) is 0 Å². The summed E-state index contributed by atoms with van der Waals surface area (Å²) in [6.45, 7) is 7.07. The molecule has 0 saturated heterocycles. The molecule has 0 radical (unpaired) electrons. The van der Waals surface area contributed by atoms with E-state index in [2.05, 4.69) is 29.8 Å². The zero-order valence-corrected chi connectivity index (χ0v) is 22.8. The number of carbonyl (C=O) groups excluding carboxylic acids is 2. The first-order valence-corrected chi connectivity index (χ1v) is 13.7. The molecule has 10 heteroatoms. The van der Waals surface area contributed by atoms with Crippen molar-refractivity contribution in [2.24, 2.45) is 0 Å². The molecule has 2 aromatic rings. The van der Waals surface area contributed by atoms with Crippen molar-refractivity contribution in [1.82, 2.24) is 15.5 Å². The molecular weight excluding hydrogens is 506 g/mol. The molecule has 8 nitrogen and oxygen atoms in total. The number of nitrogens with zero attached hydrogens (tertiary/aromatic N) is 1. The average Bonchev–Trinajstić information content (AvgIpc) is 2.92. The summed E-state index contributed by atoms with van der Waals surface area (Å²) in [5, 5.41) is 19.3. The van der Waals surface area contributed by atoms with Crippen LogP contribution in [0.1, 0.15) is 50.7 Å². The normalized spacial score (nSPS) is 13.4. The second kappa shape index (κ2) is 15.4. The molecule has 0 fully saturated rings. The zero-order chi connectivity index (χ0) is 28.2. The first-order valence-electron chi connectivity index (χ1n) is 13.7. The van der Waals surface area contributed by atoms with E-state index in [0.717, 1.165) is 30.9 Å². The Morgan fingerprint density at radius 2 is 1.87 bits per heavy atom. The van der Waals surface area contributed by atoms with E-state index in [1.165, 1.54) is 6.07 Å². The van der Waals surface area contributed by atoms with E-state index in [9.17, 15) is 23.5 Å². The van der Waals surface area contributed by atoms with Gasteiger partial charge < -0.3 is 30.7 Å². The predicted octanol–water partition coefficient (Wildman–Crippen LogP) is 3.76. The molecule has 2 aromatic carbocycles. The number of unbranched alkanes of at least 4 members (excludes halogenated alkanes) is 1. The Kier molecular flexibility index (Phi) is 11.9. The number of halogens is 2. The van der Waals surface area contributed by atoms with Crippen molar-refractivity contribution in [2.45, 2.75) is 58.4 Å². The lowest BCUT2D eigenvalue weighted by Crippen LogP contribution is -2.43. The fourth-order valence-electron chi connectivity index (χ4n) is 4.60. The summed E-state index contributed by atoms with van der Waals surface area (Å²) in [6.07, 6.45) is 4.60. The van der Waals surface area contributed by atoms with Crippen LogP contribution in [0.4, 0.5) is 14.5 Å². The molecular formula is C29H40F2N4O4. The van der Waals surface area contributed by atoms with Crippen LogP contribution in [0.5, 0.6) is 11.5 Å². The van der Waals surface area contributed by atoms with Gasteiger partial charge in [0.1, 0.15) is 11.4 Å². The summed E-state index contributed by atoms with van der Waals surface area (Å²) in [4.78, 5) is 26.6. The number of rotatable bonds is 16. The molecule has 1 aliphatic heterocycles. The van der Waals surface area contributed by atoms with Crippen LogP contribution < -0.4 is 20.7 Å². The molecule has 2 amide bonds. The maximum absolute atomic E-state index is 13.4. The minimum absolute atomic E-state index is 0.0242. The predicted molar refractivity (Wildman–Crippen MR) is 147 cm³/mol. The highest BCUT2D eigenvalue weighted by atomic mass is 19.2. The van der Waals surface area contributed by atoms with Gasteiger partial charge in [-0.3, -0.25) is 9.59 Å². The van der Waals surface area contributed by atoms with Gasteiger partial charge in [-0.05, 0) is 68.6 Å². The second-order valence-corrected chi connectivity index (χ2v) is 9.86. The molecule has 0 aliphatic carbocycles. The van der Waals surface area contributed by atoms with Crippen molar-refractivity contribution in [1.29, 1.82) is 0 Å². The number of phenols is 1. The maximum Gasteiger partial charge on any atom is 0.262 e. The maximum atomic E-state index is 13.4. The molecule has 1 aliphatic rings. The van der Waals surface area contributed by atoms with Crippen molar-refractivity contribution >= 4 is 17.5 Å². The lowest BCUT2D eigenvalue weighted by atomic mass is 10.1. The Morgan fingerprint density at radius 3 is 2.64 bits per heavy atom. The minimum atomic E-state index is -0.854. The number of ether oxygens (including phenoxy) is 1. The number of aromatic hydroxyl groups is 1. The third-order valence-corrected chi connectivity index (χ3v) is 6.85. The van der Waals surface area contributed by atoms with Gasteiger partial charge in [0, 0.05) is 32.1 Å². The summed E-state index contributed by atoms with van der Waals surface area (Å²) >= 11 is 0. The zero-order valence-electron chi connectivity index (χ0n) is 22.8. The van der Waals surface area contributed by atoms with Crippen LogP contribution in [-0.2, 0) is 22.4 Å². The number of anilines is 1. The Bertz CT molecular complexity index is 1110. The van der Waals surface area contributed by atoms with Gasteiger partial charge in [0.15, 0.2) is 24.0 Å². The van der Waals surface area contributed by atoms with E-state index in [-0.39, 0.29) is 30.2 Å². The molecule has 0 bridgehead atoms. The molecule has 0 saturated carbocycles. The number of fused-ring (bicyclic) bond motifs is 1. The number of hydrogen-bond acceptors (Lipinski definition) is 6. The van der Waals surface area contributed by atoms with Crippen molar-refractivity contribution in [3.8, 4) is 11.5 Å². The molecule has 1 unspecified atom stereocenters. The monoisotopic (exact) mass is 546 g/mol. The number of amides is 2. The quantitative estimate of drug-likeness (QED) is 0.189. The first kappa shape index (κ1) is 30.3. The minimum Gasteiger partial charge on any atom is -0.506 e. The van der Waals surface area contributed by atoms with Gasteiger partial charge in [-0.2, -0.15) is 0 Å². The topological polar surface area (TPSA) is 103 Å². The summed E-state index contributed by atoms with van der Waals surface area (Å²) in [5.74, 6) is -1.45. The molecule has 1 atom stereocenters. The SMILES string of the molecule is CCCCC(C)N(CCNCCc1ccc(O)c2c1OCC(=O)N2)C(=O)CCNCCc1ccc(F)c(F)c1. The number of benzene rings is 2. The fourth-order valence-corrected chi connectivity index (χ4v) is 4.60. The van der Waals surface area contributed by atoms with Gasteiger partial charge in [-0.1, -0.05) is 31.9 Å². The highest BCUT2D eigenvalue weighted by Crippen LogP contribution is 2.39. The van der Waals surface area contributed by atoms with E-state index in [4.69, 9.17) is 4.74 Å². The van der Waals surface area contributed by atoms with E-state index in [1.807, 2.05) is 4.90 Å². The van der Waals surface area contributed by atoms with E-state index in [0.29, 0.717) is 69.0 Å². The van der Waals surface area contributed by atoms with Gasteiger partial charge in [0.2, 0.25) is 5.91 Å². The number of hydrogen-bond donors (Lipinski definition) is 4. The Labute approximate surface area is 229 Å². The van der Waals surface area contributed by atoms with Crippen LogP contribution in [0.2, 0.25) is 0 Å². The first-order chi connectivity index (χ1) is 18.8. The summed E-state index contributed by atoms with van der Waals surface area (Å²) in [5.41, 5.74) is 1.90. The molecule has 39 heavy (non-hydrogen) atoms. The number of nitrogens with one attached hydrogen (secondary N) is 3. The van der Waals surface area contributed by atoms with Crippen LogP contribution in [0.15, 0.2) is 30.3 Å². The molecule has 3 rings (SSSR count). The lowest BCUT2D eigenvalue weighted by molar-refractivity contribution is -0.133. The highest BCUT2D eigenvalue weighted by Gasteiger charge is 2.22. The molecule has 0 aromatic heterocycles. The third-order valence-electron chi connectivity index (χ3n) is 6.85. The van der Waals surface area contributed by atoms with E-state index < -0.39 is 11.6 Å². The van der Waals surface area contributed by atoms with Crippen LogP contribution in [0.3, 0.4) is 0 Å². The smallest absolute Gasteiger partial charge is 0.262 e. The van der Waals surface area contributed by atoms with Gasteiger partial charge >= 0.3 is 0 Å². The van der Waals surface area contributed by atoms with Gasteiger partial charge in [-0.15, -0.1) is 0 Å². The fraction of sp³-hybridized carbons (Fsp3) is 0.517. The average molecular weight is 547 g/mol. The van der Waals surface area contributed by atoms with Gasteiger partial charge in [0.25, 0.3) is 5.91 Å². The number of carbonyl (C=O) groups is 2. The molecule has 0 spiro atoms. The summed E-state index contributed by atoms with van der Waals surface area (Å²) in [7, 11) is 0. The van der Waals surface area contributed by atoms with E-state index in [1.54, 1.807) is 18.2 Å². The highest BCUT2D eigenvalue weighted by molar-refractivity contribution is 5.97. The molecule has 1 heterocycles. The Morgan fingerprint density at radius 1 is 1.10 bits per heavy atom. The molecule has 214 valence electrons. The summed E-state index contributed by atoms with van der Waals surface area (Å²) < 4.78 is 32.0. The standard InChI is InChI=1S/C29H40F2N4O4/c1-3-4-5-20(2)35(27(38)12-15-32-13-10-21-6-8-23(30)24(31)18-21)17-16-33-14-11-22-7-9-25(36)28-29(22)39-19-26(37)34-28/h6-9,18,20,32-33,36H,3-5,10-17,19H2,1-2H3,(H,34,37). The van der Waals surface area contributed by atoms with Crippen molar-refractivity contribution in [3.63, 3.8) is 0 Å². The van der Waals surface area contributed by atoms with Gasteiger partial charge in [0.05, 0.1) is 0 Å². The lowest BCUT2D eigenvalue weighted by Gasteiger charge is -2.30. The molecule has 4 N–H and O–H groups in total. The Balaban J connectivity index is 1.43. The van der Waals surface area contributed by atoms with Crippen LogP contribution >= 0.6 is 0 Å². The van der Waals surface area contributed by atoms with Crippen molar-refractivity contribution < 1.29 is 28.2 Å². The van der Waals surface area contributed by atoms with Crippen molar-refractivity contribution in [3.05, 3.63) is 53.1 Å². The van der Waals surface area contributed by atoms with Crippen molar-refractivity contribution in [2.75, 3.05) is 44.6 Å². The van der Waals surface area contributed by atoms with Crippen LogP contribution in [-0.4, -0.2) is 67.2 Å². The van der Waals surface area contributed by atoms with Gasteiger partial charge in [-0.25, -0.2) is 8.78 Å². The second-order valence-electron chi connectivity index (χ2n) is 9.86. The number of phenolic OH excluding ortho intramolecular Hbond substituents is 1. The Hall–Kier alpha value is -3.24.